The molecule has 5 fully saturated rings. The zero-order valence-electron chi connectivity index (χ0n) is 37.8. The number of aromatic nitrogens is 6. The first kappa shape index (κ1) is 33.9. The summed E-state index contributed by atoms with van der Waals surface area (Å²) >= 11 is 0. The Labute approximate surface area is 394 Å². The van der Waals surface area contributed by atoms with E-state index < -0.39 is 0 Å². The molecule has 5 saturated carbocycles. The second-order valence-electron chi connectivity index (χ2n) is 23.6. The maximum atomic E-state index is 7.61. The quantitative estimate of drug-likeness (QED) is 0.149. The van der Waals surface area contributed by atoms with Gasteiger partial charge in [-0.15, -0.1) is 0 Å². The minimum atomic E-state index is 0.475. The smallest absolute Gasteiger partial charge is 0.163 e. The average molecular weight is 903 g/mol. The fourth-order valence-corrected chi connectivity index (χ4v) is 19.1. The molecule has 0 amide bonds. The summed E-state index contributed by atoms with van der Waals surface area (Å²) in [7, 11) is 0. The molecule has 0 aliphatic heterocycles. The summed E-state index contributed by atoms with van der Waals surface area (Å²) < 4.78 is 26.7. The molecule has 22 rings (SSSR count). The van der Waals surface area contributed by atoms with E-state index in [4.69, 9.17) is 33.2 Å². The van der Waals surface area contributed by atoms with Crippen LogP contribution in [0.4, 0.5) is 0 Å². The van der Waals surface area contributed by atoms with Crippen LogP contribution in [0.15, 0.2) is 98.7 Å². The van der Waals surface area contributed by atoms with Gasteiger partial charge in [0.05, 0.1) is 68.7 Å². The molecule has 5 bridgehead atoms. The van der Waals surface area contributed by atoms with Gasteiger partial charge in [0.2, 0.25) is 0 Å². The number of nitrogens with zero attached hydrogens (tertiary/aromatic N) is 6. The lowest BCUT2D eigenvalue weighted by Crippen LogP contribution is -2.59. The van der Waals surface area contributed by atoms with Gasteiger partial charge in [-0.3, -0.25) is 9.97 Å². The number of pyridine rings is 4. The van der Waals surface area contributed by atoms with Crippen LogP contribution >= 0.6 is 0 Å². The van der Waals surface area contributed by atoms with E-state index in [0.29, 0.717) is 29.1 Å². The highest BCUT2D eigenvalue weighted by molar-refractivity contribution is 6.44. The number of furan rings is 3. The third kappa shape index (κ3) is 3.23. The van der Waals surface area contributed by atoms with E-state index >= 15 is 0 Å². The molecular formula is C61H38N6O3. The second-order valence-corrected chi connectivity index (χ2v) is 23.6. The topological polar surface area (TPSA) is 99.8 Å². The van der Waals surface area contributed by atoms with Crippen molar-refractivity contribution in [2.24, 2.45) is 29.1 Å². The first-order valence-electron chi connectivity index (χ1n) is 26.0. The number of rotatable bonds is 0. The molecule has 0 saturated heterocycles. The molecule has 1 spiro atoms. The molecule has 70 heavy (non-hydrogen) atoms. The van der Waals surface area contributed by atoms with Gasteiger partial charge in [-0.25, -0.2) is 9.97 Å². The van der Waals surface area contributed by atoms with Crippen molar-refractivity contribution < 1.29 is 13.3 Å². The van der Waals surface area contributed by atoms with Gasteiger partial charge >= 0.3 is 0 Å². The molecule has 7 aliphatic carbocycles. The number of hydrogen-bond acceptors (Lipinski definition) is 7. The van der Waals surface area contributed by atoms with Crippen molar-refractivity contribution in [1.29, 1.82) is 0 Å². The Kier molecular flexibility index (Phi) is 5.01. The lowest BCUT2D eigenvalue weighted by atomic mass is 9.36. The molecule has 9 atom stereocenters. The van der Waals surface area contributed by atoms with Crippen LogP contribution in [0.5, 0.6) is 0 Å². The third-order valence-corrected chi connectivity index (χ3v) is 21.4. The largest absolute Gasteiger partial charge is 0.456 e. The molecule has 330 valence electrons. The fraction of sp³-hybridized carbons (Fsp3) is 0.279. The van der Waals surface area contributed by atoms with Crippen molar-refractivity contribution >= 4 is 142 Å². The zero-order valence-corrected chi connectivity index (χ0v) is 37.8. The molecule has 11 heterocycles. The van der Waals surface area contributed by atoms with E-state index in [2.05, 4.69) is 94.3 Å². The standard InChI is InChI=1S/C61H38N6O3/c1-3-7-39-29(5-1)55-59(69-39)47-37(21-64-55)66-35-19-62-53-25-10-23-9-24(12-25)31(11-23)45(53)43(35)32-16-41-49(51(47)57(32)66)50-42(68-41)17-33-44-36(20-63-54-26-13-27-14-28-15-34(46(44)54)61(27,28)18-26)67-38-22-65-56-30-6-2-4-8-40(30)70-60(56)48(38)52(50)58(33)67/h1-8,16-17,19-28,31,34H,9-15,18H2. The summed E-state index contributed by atoms with van der Waals surface area (Å²) in [5.74, 6) is 5.47. The van der Waals surface area contributed by atoms with E-state index in [1.807, 2.05) is 0 Å². The fourth-order valence-electron chi connectivity index (χ4n) is 19.1. The Balaban J connectivity index is 0.997. The first-order valence-corrected chi connectivity index (χ1v) is 26.0. The molecule has 11 aromatic heterocycles. The van der Waals surface area contributed by atoms with E-state index in [1.165, 1.54) is 106 Å². The molecule has 9 unspecified atom stereocenters. The maximum absolute atomic E-state index is 7.61. The normalized spacial score (nSPS) is 28.5. The lowest BCUT2D eigenvalue weighted by Gasteiger charge is -2.68. The molecule has 0 N–H and O–H groups in total. The van der Waals surface area contributed by atoms with Gasteiger partial charge in [0.15, 0.2) is 11.2 Å². The predicted octanol–water partition coefficient (Wildman–Crippen LogP) is 15.3. The first-order chi connectivity index (χ1) is 34.7. The molecule has 9 nitrogen and oxygen atoms in total. The molecule has 0 radical (unpaired) electrons. The van der Waals surface area contributed by atoms with Crippen LogP contribution in [0, 0.1) is 29.1 Å². The van der Waals surface area contributed by atoms with Gasteiger partial charge in [-0.05, 0) is 140 Å². The van der Waals surface area contributed by atoms with Gasteiger partial charge in [-0.1, -0.05) is 24.3 Å². The summed E-state index contributed by atoms with van der Waals surface area (Å²) in [6.07, 6.45) is 19.2. The Morgan fingerprint density at radius 3 is 1.71 bits per heavy atom. The summed E-state index contributed by atoms with van der Waals surface area (Å²) in [5, 5.41) is 14.0. The van der Waals surface area contributed by atoms with Crippen LogP contribution in [0.3, 0.4) is 0 Å². The van der Waals surface area contributed by atoms with Crippen molar-refractivity contribution in [1.82, 2.24) is 28.7 Å². The number of fused-ring (bicyclic) bond motifs is 36. The van der Waals surface area contributed by atoms with E-state index in [1.54, 1.807) is 5.56 Å². The predicted molar refractivity (Wildman–Crippen MR) is 273 cm³/mol. The summed E-state index contributed by atoms with van der Waals surface area (Å²) in [5.41, 5.74) is 20.0. The van der Waals surface area contributed by atoms with Crippen LogP contribution in [-0.4, -0.2) is 28.7 Å². The van der Waals surface area contributed by atoms with Gasteiger partial charge < -0.3 is 22.1 Å². The Morgan fingerprint density at radius 2 is 1.06 bits per heavy atom. The summed E-state index contributed by atoms with van der Waals surface area (Å²) in [4.78, 5) is 21.5. The maximum Gasteiger partial charge on any atom is 0.163 e. The number of para-hydroxylation sites is 2. The van der Waals surface area contributed by atoms with Crippen LogP contribution in [0.2, 0.25) is 0 Å². The van der Waals surface area contributed by atoms with Crippen LogP contribution < -0.4 is 0 Å². The van der Waals surface area contributed by atoms with Crippen molar-refractivity contribution in [2.75, 3.05) is 0 Å². The minimum Gasteiger partial charge on any atom is -0.456 e. The van der Waals surface area contributed by atoms with Crippen LogP contribution in [-0.2, 0) is 0 Å². The molecule has 7 aliphatic rings. The minimum absolute atomic E-state index is 0.475. The SMILES string of the molecule is c1ccc2c(c1)oc1c2ncc2c1c1c3c(cc4c5c6c(ncc5n2c41)C1CC2CC(C1)C6C2)oc1cc2c4c5c(ncc4n4c6cnc7c8ccccc8oc7c6c(c13)c24)C1CC2CC3CC5C23C1. The van der Waals surface area contributed by atoms with Crippen molar-refractivity contribution in [2.45, 2.75) is 75.0 Å². The van der Waals surface area contributed by atoms with E-state index in [-0.39, 0.29) is 0 Å². The molecule has 4 aromatic carbocycles. The van der Waals surface area contributed by atoms with E-state index in [9.17, 15) is 0 Å². The van der Waals surface area contributed by atoms with Crippen molar-refractivity contribution in [3.05, 3.63) is 108 Å². The van der Waals surface area contributed by atoms with Crippen molar-refractivity contribution in [3.63, 3.8) is 0 Å². The highest BCUT2D eigenvalue weighted by Gasteiger charge is 2.72. The third-order valence-electron chi connectivity index (χ3n) is 21.4. The van der Waals surface area contributed by atoms with Gasteiger partial charge in [0, 0.05) is 77.1 Å². The van der Waals surface area contributed by atoms with Gasteiger partial charge in [0.25, 0.3) is 0 Å². The average Bonchev–Trinajstić information content (AvgIpc) is 4.28. The Hall–Kier alpha value is -7.52. The molecule has 15 aromatic rings. The second kappa shape index (κ2) is 10.3. The van der Waals surface area contributed by atoms with Crippen LogP contribution in [0.1, 0.15) is 97.6 Å². The Morgan fingerprint density at radius 1 is 0.471 bits per heavy atom. The van der Waals surface area contributed by atoms with E-state index in [0.717, 1.165) is 128 Å². The van der Waals surface area contributed by atoms with Crippen LogP contribution in [0.25, 0.3) is 142 Å². The lowest BCUT2D eigenvalue weighted by molar-refractivity contribution is -0.146. The summed E-state index contributed by atoms with van der Waals surface area (Å²) in [6, 6.07) is 21.6. The van der Waals surface area contributed by atoms with Gasteiger partial charge in [0.1, 0.15) is 33.4 Å². The molecular weight excluding hydrogens is 865 g/mol. The van der Waals surface area contributed by atoms with Gasteiger partial charge in [-0.2, -0.15) is 0 Å². The monoisotopic (exact) mass is 902 g/mol. The highest BCUT2D eigenvalue weighted by atomic mass is 16.3. The Bertz CT molecular complexity index is 5120. The number of benzene rings is 4. The zero-order chi connectivity index (χ0) is 44.1. The number of hydrogen-bond donors (Lipinski definition) is 0. The van der Waals surface area contributed by atoms with Crippen molar-refractivity contribution in [3.8, 4) is 0 Å². The highest BCUT2D eigenvalue weighted by Crippen LogP contribution is 2.82. The molecule has 9 heteroatoms. The summed E-state index contributed by atoms with van der Waals surface area (Å²) in [6.45, 7) is 0.